The molecule has 22 heavy (non-hydrogen) atoms. The van der Waals surface area contributed by atoms with Gasteiger partial charge in [-0.05, 0) is 12.3 Å². The first-order valence-electron chi connectivity index (χ1n) is 7.90. The molecule has 0 N–H and O–H groups in total. The molecule has 1 aromatic rings. The molecule has 1 atom stereocenters. The van der Waals surface area contributed by atoms with Gasteiger partial charge in [-0.3, -0.25) is 4.79 Å². The van der Waals surface area contributed by atoms with Gasteiger partial charge in [0.1, 0.15) is 6.10 Å². The van der Waals surface area contributed by atoms with E-state index in [1.165, 1.54) is 0 Å². The highest BCUT2D eigenvalue weighted by Crippen LogP contribution is 2.24. The van der Waals surface area contributed by atoms with E-state index in [1.807, 2.05) is 23.9 Å². The third-order valence-electron chi connectivity index (χ3n) is 3.78. The number of ether oxygens (including phenoxy) is 1. The van der Waals surface area contributed by atoms with E-state index in [-0.39, 0.29) is 12.0 Å². The van der Waals surface area contributed by atoms with Crippen LogP contribution in [0.3, 0.4) is 0 Å². The predicted molar refractivity (Wildman–Crippen MR) is 86.0 cm³/mol. The highest BCUT2D eigenvalue weighted by molar-refractivity contribution is 5.76. The molecule has 6 nitrogen and oxygen atoms in total. The van der Waals surface area contributed by atoms with Gasteiger partial charge >= 0.3 is 0 Å². The van der Waals surface area contributed by atoms with E-state index in [2.05, 4.69) is 23.8 Å². The lowest BCUT2D eigenvalue weighted by Crippen LogP contribution is -2.31. The van der Waals surface area contributed by atoms with Gasteiger partial charge in [0.25, 0.3) is 5.88 Å². The monoisotopic (exact) mass is 306 g/mol. The molecule has 2 rings (SSSR count). The van der Waals surface area contributed by atoms with Crippen molar-refractivity contribution in [1.82, 2.24) is 14.9 Å². The summed E-state index contributed by atoms with van der Waals surface area (Å²) in [7, 11) is 3.82. The van der Waals surface area contributed by atoms with Gasteiger partial charge in [0.15, 0.2) is 5.82 Å². The molecule has 0 spiro atoms. The average Bonchev–Trinajstić information content (AvgIpc) is 2.93. The molecule has 0 radical (unpaired) electrons. The van der Waals surface area contributed by atoms with E-state index in [4.69, 9.17) is 4.74 Å². The fourth-order valence-electron chi connectivity index (χ4n) is 2.49. The normalized spacial score (nSPS) is 17.9. The second kappa shape index (κ2) is 7.42. The molecule has 0 aromatic carbocycles. The molecule has 0 saturated carbocycles. The summed E-state index contributed by atoms with van der Waals surface area (Å²) in [6.07, 6.45) is 5.69. The molecule has 0 aliphatic carbocycles. The summed E-state index contributed by atoms with van der Waals surface area (Å²) in [6, 6.07) is 0. The first-order chi connectivity index (χ1) is 10.5. The van der Waals surface area contributed by atoms with E-state index in [0.29, 0.717) is 30.6 Å². The number of anilines is 1. The molecular formula is C16H26N4O2. The van der Waals surface area contributed by atoms with Crippen LogP contribution in [0, 0.1) is 5.92 Å². The molecule has 2 heterocycles. The summed E-state index contributed by atoms with van der Waals surface area (Å²) in [5.41, 5.74) is 0. The Morgan fingerprint density at radius 3 is 2.82 bits per heavy atom. The van der Waals surface area contributed by atoms with Crippen molar-refractivity contribution in [3.63, 3.8) is 0 Å². The van der Waals surface area contributed by atoms with Crippen LogP contribution >= 0.6 is 0 Å². The van der Waals surface area contributed by atoms with Gasteiger partial charge in [-0.25, -0.2) is 9.97 Å². The lowest BCUT2D eigenvalue weighted by atomic mass is 10.1. The van der Waals surface area contributed by atoms with Gasteiger partial charge in [0.05, 0.1) is 6.54 Å². The van der Waals surface area contributed by atoms with Gasteiger partial charge in [-0.15, -0.1) is 0 Å². The Hall–Kier alpha value is -1.85. The van der Waals surface area contributed by atoms with Gasteiger partial charge in [-0.2, -0.15) is 0 Å². The molecule has 1 fully saturated rings. The average molecular weight is 306 g/mol. The van der Waals surface area contributed by atoms with E-state index < -0.39 is 0 Å². The van der Waals surface area contributed by atoms with E-state index in [0.717, 1.165) is 19.4 Å². The number of amides is 1. The van der Waals surface area contributed by atoms with Gasteiger partial charge in [0, 0.05) is 45.9 Å². The summed E-state index contributed by atoms with van der Waals surface area (Å²) < 4.78 is 5.96. The van der Waals surface area contributed by atoms with Crippen molar-refractivity contribution in [1.29, 1.82) is 0 Å². The van der Waals surface area contributed by atoms with Crippen LogP contribution < -0.4 is 9.64 Å². The summed E-state index contributed by atoms with van der Waals surface area (Å²) in [5, 5.41) is 0. The van der Waals surface area contributed by atoms with E-state index >= 15 is 0 Å². The lowest BCUT2D eigenvalue weighted by Gasteiger charge is -2.19. The van der Waals surface area contributed by atoms with Crippen LogP contribution in [0.5, 0.6) is 5.88 Å². The van der Waals surface area contributed by atoms with Crippen molar-refractivity contribution in [3.8, 4) is 5.88 Å². The maximum atomic E-state index is 12.2. The smallest absolute Gasteiger partial charge is 0.257 e. The quantitative estimate of drug-likeness (QED) is 0.804. The Kier molecular flexibility index (Phi) is 5.57. The van der Waals surface area contributed by atoms with Crippen LogP contribution in [-0.4, -0.2) is 54.1 Å². The SMILES string of the molecule is CC(C)CCC(=O)N1CCC(Oc2nccnc2N(C)C)C1. The number of carbonyl (C=O) groups is 1. The summed E-state index contributed by atoms with van der Waals surface area (Å²) in [5.74, 6) is 2.04. The molecular weight excluding hydrogens is 280 g/mol. The molecule has 122 valence electrons. The van der Waals surface area contributed by atoms with Crippen LogP contribution in [0.25, 0.3) is 0 Å². The summed E-state index contributed by atoms with van der Waals surface area (Å²) in [6.45, 7) is 5.68. The van der Waals surface area contributed by atoms with Gasteiger partial charge < -0.3 is 14.5 Å². The van der Waals surface area contributed by atoms with Crippen LogP contribution in [0.2, 0.25) is 0 Å². The van der Waals surface area contributed by atoms with E-state index in [9.17, 15) is 4.79 Å². The number of rotatable bonds is 6. The Labute approximate surface area is 132 Å². The largest absolute Gasteiger partial charge is 0.470 e. The molecule has 1 saturated heterocycles. The standard InChI is InChI=1S/C16H26N4O2/c1-12(2)5-6-14(21)20-10-7-13(11-20)22-16-15(19(3)4)17-8-9-18-16/h8-9,12-13H,5-7,10-11H2,1-4H3. The maximum Gasteiger partial charge on any atom is 0.257 e. The minimum Gasteiger partial charge on any atom is -0.470 e. The van der Waals surface area contributed by atoms with Crippen LogP contribution in [0.1, 0.15) is 33.1 Å². The highest BCUT2D eigenvalue weighted by atomic mass is 16.5. The van der Waals surface area contributed by atoms with Crippen molar-refractivity contribution in [2.45, 2.75) is 39.2 Å². The molecule has 1 aliphatic rings. The Morgan fingerprint density at radius 2 is 2.14 bits per heavy atom. The van der Waals surface area contributed by atoms with Crippen LogP contribution in [0.4, 0.5) is 5.82 Å². The molecule has 1 aliphatic heterocycles. The predicted octanol–water partition coefficient (Wildman–Crippen LogP) is 1.96. The zero-order valence-corrected chi connectivity index (χ0v) is 14.0. The third-order valence-corrected chi connectivity index (χ3v) is 3.78. The first-order valence-corrected chi connectivity index (χ1v) is 7.90. The van der Waals surface area contributed by atoms with Gasteiger partial charge in [0.2, 0.25) is 5.91 Å². The van der Waals surface area contributed by atoms with Crippen LogP contribution in [-0.2, 0) is 4.79 Å². The van der Waals surface area contributed by atoms with E-state index in [1.54, 1.807) is 12.4 Å². The fraction of sp³-hybridized carbons (Fsp3) is 0.688. The van der Waals surface area contributed by atoms with Crippen molar-refractivity contribution in [2.24, 2.45) is 5.92 Å². The number of likely N-dealkylation sites (tertiary alicyclic amines) is 1. The van der Waals surface area contributed by atoms with Gasteiger partial charge in [-0.1, -0.05) is 13.8 Å². The number of carbonyl (C=O) groups excluding carboxylic acids is 1. The number of nitrogens with zero attached hydrogens (tertiary/aromatic N) is 4. The lowest BCUT2D eigenvalue weighted by molar-refractivity contribution is -0.130. The van der Waals surface area contributed by atoms with Crippen LogP contribution in [0.15, 0.2) is 12.4 Å². The number of hydrogen-bond donors (Lipinski definition) is 0. The molecule has 1 aromatic heterocycles. The van der Waals surface area contributed by atoms with Crippen molar-refractivity contribution >= 4 is 11.7 Å². The van der Waals surface area contributed by atoms with Crippen molar-refractivity contribution in [2.75, 3.05) is 32.1 Å². The summed E-state index contributed by atoms with van der Waals surface area (Å²) in [4.78, 5) is 24.5. The second-order valence-corrected chi connectivity index (χ2v) is 6.38. The Bertz CT molecular complexity index is 505. The molecule has 1 amide bonds. The molecule has 0 bridgehead atoms. The fourth-order valence-corrected chi connectivity index (χ4v) is 2.49. The molecule has 6 heteroatoms. The number of hydrogen-bond acceptors (Lipinski definition) is 5. The minimum atomic E-state index is -0.00148. The maximum absolute atomic E-state index is 12.2. The van der Waals surface area contributed by atoms with Crippen molar-refractivity contribution in [3.05, 3.63) is 12.4 Å². The Balaban J connectivity index is 1.90. The third kappa shape index (κ3) is 4.32. The topological polar surface area (TPSA) is 58.6 Å². The second-order valence-electron chi connectivity index (χ2n) is 6.38. The first kappa shape index (κ1) is 16.5. The zero-order chi connectivity index (χ0) is 16.1. The minimum absolute atomic E-state index is 0.00148. The number of aromatic nitrogens is 2. The highest BCUT2D eigenvalue weighted by Gasteiger charge is 2.28. The van der Waals surface area contributed by atoms with Crippen molar-refractivity contribution < 1.29 is 9.53 Å². The Morgan fingerprint density at radius 1 is 1.41 bits per heavy atom. The zero-order valence-electron chi connectivity index (χ0n) is 14.0. The molecule has 1 unspecified atom stereocenters. The summed E-state index contributed by atoms with van der Waals surface area (Å²) >= 11 is 0.